The molecule has 2 fully saturated rings. The number of aliphatic hydroxyl groups excluding tert-OH is 1. The first-order chi connectivity index (χ1) is 17.9. The van der Waals surface area contributed by atoms with Gasteiger partial charge in [0.15, 0.2) is 0 Å². The lowest BCUT2D eigenvalue weighted by atomic mass is 10.0. The second-order valence-corrected chi connectivity index (χ2v) is 9.94. The molecule has 1 heterocycles. The van der Waals surface area contributed by atoms with E-state index in [1.54, 1.807) is 20.0 Å². The Morgan fingerprint density at radius 3 is 2.35 bits per heavy atom. The van der Waals surface area contributed by atoms with Crippen molar-refractivity contribution in [2.75, 3.05) is 11.1 Å². The van der Waals surface area contributed by atoms with Crippen molar-refractivity contribution < 1.29 is 12.7 Å². The van der Waals surface area contributed by atoms with Gasteiger partial charge in [0.25, 0.3) is 0 Å². The summed E-state index contributed by atoms with van der Waals surface area (Å²) in [6, 6.07) is 20.6. The molecular formula is C30H35N5O2. The molecule has 7 heteroatoms. The lowest BCUT2D eigenvalue weighted by Crippen LogP contribution is -2.03. The fraction of sp³-hybridized carbons (Fsp3) is 0.300. The Morgan fingerprint density at radius 1 is 1.00 bits per heavy atom. The second-order valence-electron chi connectivity index (χ2n) is 9.94. The van der Waals surface area contributed by atoms with Crippen LogP contribution < -0.4 is 15.8 Å². The first-order valence-corrected chi connectivity index (χ1v) is 12.7. The van der Waals surface area contributed by atoms with Gasteiger partial charge in [0.05, 0.1) is 28.9 Å². The van der Waals surface area contributed by atoms with Crippen molar-refractivity contribution in [3.63, 3.8) is 0 Å². The Morgan fingerprint density at radius 2 is 1.70 bits per heavy atom. The molecule has 6 rings (SSSR count). The SMILES string of the molecule is CC(C)O.N#Cc1cc(Nc2ccc(-c3ccc4nc(N)cnc4c3)cc2)cc(C2CC2)c1OC1CC1.[HH].[HH]. The average molecular weight is 498 g/mol. The maximum atomic E-state index is 9.75. The molecular weight excluding hydrogens is 462 g/mol. The zero-order chi connectivity index (χ0) is 25.9. The smallest absolute Gasteiger partial charge is 0.142 e. The monoisotopic (exact) mass is 497 g/mol. The van der Waals surface area contributed by atoms with Crippen LogP contribution in [0.3, 0.4) is 0 Å². The zero-order valence-corrected chi connectivity index (χ0v) is 21.1. The third-order valence-corrected chi connectivity index (χ3v) is 6.13. The number of nitrogens with zero attached hydrogens (tertiary/aromatic N) is 3. The van der Waals surface area contributed by atoms with Crippen LogP contribution in [0.25, 0.3) is 22.2 Å². The Balaban J connectivity index is 0.000000658. The van der Waals surface area contributed by atoms with Crippen molar-refractivity contribution in [3.8, 4) is 22.9 Å². The number of nitriles is 1. The predicted octanol–water partition coefficient (Wildman–Crippen LogP) is 6.79. The number of fused-ring (bicyclic) bond motifs is 1. The van der Waals surface area contributed by atoms with Crippen LogP contribution in [0.4, 0.5) is 17.2 Å². The summed E-state index contributed by atoms with van der Waals surface area (Å²) in [5.74, 6) is 1.72. The molecule has 0 radical (unpaired) electrons. The van der Waals surface area contributed by atoms with Gasteiger partial charge < -0.3 is 20.9 Å². The van der Waals surface area contributed by atoms with E-state index in [0.717, 1.165) is 70.5 Å². The Hall–Kier alpha value is -4.15. The van der Waals surface area contributed by atoms with Crippen LogP contribution in [0.2, 0.25) is 0 Å². The summed E-state index contributed by atoms with van der Waals surface area (Å²) in [6.45, 7) is 3.44. The van der Waals surface area contributed by atoms with E-state index < -0.39 is 0 Å². The maximum absolute atomic E-state index is 9.75. The Kier molecular flexibility index (Phi) is 6.93. The average Bonchev–Trinajstić information content (AvgIpc) is 3.80. The molecule has 1 aromatic heterocycles. The standard InChI is InChI=1S/C27H23N5O.C3H8O.2H2/c28-14-19-11-21(13-23(17-1-2-17)27(19)33-22-8-9-22)31-20-6-3-16(4-7-20)18-5-10-24-25(12-18)30-15-26(29)32-24;1-3(2)4;;/h3-7,10-13,15,17,22,31H,1-2,8-9H2,(H2,29,32);3-4H,1-2H3;2*1H. The highest BCUT2D eigenvalue weighted by atomic mass is 16.5. The van der Waals surface area contributed by atoms with Crippen LogP contribution >= 0.6 is 0 Å². The molecule has 4 aromatic rings. The van der Waals surface area contributed by atoms with Crippen LogP contribution in [0.15, 0.2) is 60.8 Å². The van der Waals surface area contributed by atoms with E-state index in [1.807, 2.05) is 36.4 Å². The van der Waals surface area contributed by atoms with Crippen molar-refractivity contribution in [2.45, 2.75) is 57.7 Å². The van der Waals surface area contributed by atoms with E-state index in [4.69, 9.17) is 15.6 Å². The lowest BCUT2D eigenvalue weighted by molar-refractivity contribution is 0.216. The number of nitrogens with one attached hydrogen (secondary N) is 1. The fourth-order valence-corrected chi connectivity index (χ4v) is 4.11. The third kappa shape index (κ3) is 6.16. The molecule has 0 unspecified atom stereocenters. The molecule has 2 saturated carbocycles. The lowest BCUT2D eigenvalue weighted by Gasteiger charge is -2.16. The molecule has 4 N–H and O–H groups in total. The fourth-order valence-electron chi connectivity index (χ4n) is 4.11. The number of anilines is 3. The number of benzene rings is 3. The van der Waals surface area contributed by atoms with Gasteiger partial charge in [0.1, 0.15) is 17.6 Å². The highest BCUT2D eigenvalue weighted by molar-refractivity contribution is 5.82. The predicted molar refractivity (Wildman–Crippen MR) is 151 cm³/mol. The molecule has 192 valence electrons. The van der Waals surface area contributed by atoms with E-state index in [0.29, 0.717) is 17.3 Å². The number of nitrogens with two attached hydrogens (primary N) is 1. The maximum Gasteiger partial charge on any atom is 0.142 e. The molecule has 0 spiro atoms. The highest BCUT2D eigenvalue weighted by Crippen LogP contribution is 2.48. The van der Waals surface area contributed by atoms with Gasteiger partial charge in [-0.1, -0.05) is 18.2 Å². The quantitative estimate of drug-likeness (QED) is 0.268. The minimum atomic E-state index is -0.167. The molecule has 0 amide bonds. The van der Waals surface area contributed by atoms with Crippen molar-refractivity contribution in [1.29, 1.82) is 5.26 Å². The van der Waals surface area contributed by atoms with Gasteiger partial charge in [-0.05, 0) is 93.0 Å². The number of aliphatic hydroxyl groups is 1. The number of aromatic nitrogens is 2. The molecule has 3 aromatic carbocycles. The summed E-state index contributed by atoms with van der Waals surface area (Å²) in [7, 11) is 0. The Bertz CT molecular complexity index is 1460. The van der Waals surface area contributed by atoms with E-state index in [2.05, 4.69) is 39.6 Å². The number of nitrogen functional groups attached to an aromatic ring is 1. The topological polar surface area (TPSA) is 117 Å². The number of ether oxygens (including phenoxy) is 1. The van der Waals surface area contributed by atoms with Gasteiger partial charge in [-0.3, -0.25) is 4.98 Å². The molecule has 2 aliphatic carbocycles. The zero-order valence-electron chi connectivity index (χ0n) is 21.1. The molecule has 2 aliphatic rings. The van der Waals surface area contributed by atoms with Gasteiger partial charge in [0.2, 0.25) is 0 Å². The molecule has 7 nitrogen and oxygen atoms in total. The van der Waals surface area contributed by atoms with E-state index in [9.17, 15) is 5.26 Å². The van der Waals surface area contributed by atoms with Crippen molar-refractivity contribution in [3.05, 3.63) is 71.9 Å². The third-order valence-electron chi connectivity index (χ3n) is 6.13. The molecule has 0 aliphatic heterocycles. The summed E-state index contributed by atoms with van der Waals surface area (Å²) in [6.07, 6.45) is 6.17. The molecule has 0 bridgehead atoms. The summed E-state index contributed by atoms with van der Waals surface area (Å²) < 4.78 is 6.12. The van der Waals surface area contributed by atoms with Crippen LogP contribution in [0, 0.1) is 11.3 Å². The van der Waals surface area contributed by atoms with E-state index in [1.165, 1.54) is 0 Å². The number of hydrogen-bond donors (Lipinski definition) is 3. The van der Waals surface area contributed by atoms with Crippen molar-refractivity contribution >= 4 is 28.2 Å². The minimum Gasteiger partial charge on any atom is -0.489 e. The Labute approximate surface area is 219 Å². The summed E-state index contributed by atoms with van der Waals surface area (Å²) in [4.78, 5) is 8.68. The molecule has 0 saturated heterocycles. The normalized spacial score (nSPS) is 14.6. The van der Waals surface area contributed by atoms with E-state index in [-0.39, 0.29) is 15.1 Å². The van der Waals surface area contributed by atoms with Crippen LogP contribution in [0.5, 0.6) is 5.75 Å². The number of hydrogen-bond acceptors (Lipinski definition) is 7. The second kappa shape index (κ2) is 10.5. The first kappa shape index (κ1) is 24.5. The van der Waals surface area contributed by atoms with Gasteiger partial charge in [0, 0.05) is 25.9 Å². The van der Waals surface area contributed by atoms with E-state index >= 15 is 0 Å². The van der Waals surface area contributed by atoms with Crippen LogP contribution in [0.1, 0.15) is 59.4 Å². The van der Waals surface area contributed by atoms with Gasteiger partial charge >= 0.3 is 0 Å². The summed E-state index contributed by atoms with van der Waals surface area (Å²) in [5.41, 5.74) is 13.1. The van der Waals surface area contributed by atoms with Gasteiger partial charge in [-0.25, -0.2) is 4.98 Å². The van der Waals surface area contributed by atoms with Crippen molar-refractivity contribution in [2.24, 2.45) is 0 Å². The molecule has 0 atom stereocenters. The van der Waals surface area contributed by atoms with Crippen molar-refractivity contribution in [1.82, 2.24) is 9.97 Å². The summed E-state index contributed by atoms with van der Waals surface area (Å²) >= 11 is 0. The summed E-state index contributed by atoms with van der Waals surface area (Å²) in [5, 5.41) is 21.3. The minimum absolute atomic E-state index is 0. The number of rotatable bonds is 6. The van der Waals surface area contributed by atoms with Crippen LogP contribution in [-0.4, -0.2) is 27.3 Å². The van der Waals surface area contributed by atoms with Gasteiger partial charge in [-0.2, -0.15) is 5.26 Å². The largest absolute Gasteiger partial charge is 0.489 e. The highest BCUT2D eigenvalue weighted by Gasteiger charge is 2.32. The first-order valence-electron chi connectivity index (χ1n) is 12.7. The molecule has 37 heavy (non-hydrogen) atoms. The van der Waals surface area contributed by atoms with Gasteiger partial charge in [-0.15, -0.1) is 0 Å². The van der Waals surface area contributed by atoms with Crippen LogP contribution in [-0.2, 0) is 0 Å².